The normalized spacial score (nSPS) is 11.8. The minimum absolute atomic E-state index is 0.110. The third kappa shape index (κ3) is 6.17. The first kappa shape index (κ1) is 18.0. The van der Waals surface area contributed by atoms with Crippen LogP contribution in [0, 0.1) is 11.6 Å². The Kier molecular flexibility index (Phi) is 7.45. The number of carbonyl (C=O) groups is 2. The number of unbranched alkanes of at least 4 members (excludes halogenated alkanes) is 1. The second kappa shape index (κ2) is 9.09. The molecule has 5 nitrogen and oxygen atoms in total. The van der Waals surface area contributed by atoms with Gasteiger partial charge in [0.2, 0.25) is 5.91 Å². The van der Waals surface area contributed by atoms with Crippen LogP contribution in [0.2, 0.25) is 0 Å². The first-order chi connectivity index (χ1) is 10.4. The van der Waals surface area contributed by atoms with Crippen molar-refractivity contribution in [3.63, 3.8) is 0 Å². The molecule has 3 N–H and O–H groups in total. The molecule has 0 bridgehead atoms. The summed E-state index contributed by atoms with van der Waals surface area (Å²) < 4.78 is 26.0. The molecule has 0 heterocycles. The molecule has 7 heteroatoms. The summed E-state index contributed by atoms with van der Waals surface area (Å²) in [6.45, 7) is 4.10. The van der Waals surface area contributed by atoms with Crippen LogP contribution in [0.4, 0.5) is 13.6 Å². The second-order valence-electron chi connectivity index (χ2n) is 4.93. The van der Waals surface area contributed by atoms with Crippen LogP contribution in [0.1, 0.15) is 38.3 Å². The van der Waals surface area contributed by atoms with Crippen molar-refractivity contribution in [3.05, 3.63) is 35.4 Å². The highest BCUT2D eigenvalue weighted by Gasteiger charge is 2.12. The molecule has 0 fully saturated rings. The van der Waals surface area contributed by atoms with Crippen LogP contribution in [0.15, 0.2) is 18.2 Å². The lowest BCUT2D eigenvalue weighted by Gasteiger charge is -2.14. The van der Waals surface area contributed by atoms with Crippen LogP contribution in [-0.2, 0) is 4.79 Å². The first-order valence-electron chi connectivity index (χ1n) is 7.20. The van der Waals surface area contributed by atoms with Gasteiger partial charge in [0, 0.05) is 12.6 Å². The molecule has 22 heavy (non-hydrogen) atoms. The van der Waals surface area contributed by atoms with Gasteiger partial charge in [0.25, 0.3) is 0 Å². The van der Waals surface area contributed by atoms with Crippen LogP contribution in [-0.4, -0.2) is 25.0 Å². The molecule has 0 aliphatic rings. The van der Waals surface area contributed by atoms with Gasteiger partial charge >= 0.3 is 6.03 Å². The van der Waals surface area contributed by atoms with Crippen LogP contribution in [0.5, 0.6) is 0 Å². The minimum atomic E-state index is -0.939. The number of hydrogen-bond donors (Lipinski definition) is 3. The molecule has 1 aromatic rings. The van der Waals surface area contributed by atoms with Gasteiger partial charge in [-0.1, -0.05) is 19.4 Å². The molecule has 1 atom stereocenters. The number of nitrogens with one attached hydrogen (secondary N) is 3. The zero-order chi connectivity index (χ0) is 16.5. The SMILES string of the molecule is CCCCNC(=O)NC(=O)CN[C@@H](C)c1ccc(F)c(F)c1. The standard InChI is InChI=1S/C15H21F2N3O2/c1-3-4-7-18-15(22)20-14(21)9-19-10(2)11-5-6-12(16)13(17)8-11/h5-6,8,10,19H,3-4,7,9H2,1-2H3,(H2,18,20,21,22)/t10-/m0/s1. The van der Waals surface area contributed by atoms with E-state index in [1.165, 1.54) is 6.07 Å². The fourth-order valence-electron chi connectivity index (χ4n) is 1.74. The third-order valence-electron chi connectivity index (χ3n) is 3.08. The smallest absolute Gasteiger partial charge is 0.321 e. The summed E-state index contributed by atoms with van der Waals surface area (Å²) in [4.78, 5) is 22.9. The average molecular weight is 313 g/mol. The molecule has 0 radical (unpaired) electrons. The lowest BCUT2D eigenvalue weighted by molar-refractivity contribution is -0.119. The quantitative estimate of drug-likeness (QED) is 0.676. The topological polar surface area (TPSA) is 70.2 Å². The third-order valence-corrected chi connectivity index (χ3v) is 3.08. The Labute approximate surface area is 128 Å². The van der Waals surface area contributed by atoms with E-state index in [0.717, 1.165) is 25.0 Å². The van der Waals surface area contributed by atoms with Gasteiger partial charge in [-0.2, -0.15) is 0 Å². The zero-order valence-corrected chi connectivity index (χ0v) is 12.7. The molecule has 0 aliphatic carbocycles. The van der Waals surface area contributed by atoms with Gasteiger partial charge in [-0.05, 0) is 31.0 Å². The summed E-state index contributed by atoms with van der Waals surface area (Å²) in [5.41, 5.74) is 0.513. The van der Waals surface area contributed by atoms with Crippen LogP contribution in [0.3, 0.4) is 0 Å². The predicted octanol–water partition coefficient (Wildman–Crippen LogP) is 2.24. The van der Waals surface area contributed by atoms with Gasteiger partial charge in [-0.3, -0.25) is 10.1 Å². The summed E-state index contributed by atoms with van der Waals surface area (Å²) >= 11 is 0. The van der Waals surface area contributed by atoms with E-state index < -0.39 is 23.6 Å². The highest BCUT2D eigenvalue weighted by molar-refractivity contribution is 5.95. The molecular weight excluding hydrogens is 292 g/mol. The minimum Gasteiger partial charge on any atom is -0.338 e. The molecule has 1 rings (SSSR count). The van der Waals surface area contributed by atoms with E-state index in [-0.39, 0.29) is 12.6 Å². The largest absolute Gasteiger partial charge is 0.338 e. The highest BCUT2D eigenvalue weighted by atomic mass is 19.2. The first-order valence-corrected chi connectivity index (χ1v) is 7.20. The van der Waals surface area contributed by atoms with E-state index in [2.05, 4.69) is 16.0 Å². The number of rotatable bonds is 7. The number of hydrogen-bond acceptors (Lipinski definition) is 3. The molecule has 0 unspecified atom stereocenters. The predicted molar refractivity (Wildman–Crippen MR) is 79.2 cm³/mol. The number of carbonyl (C=O) groups excluding carboxylic acids is 2. The fourth-order valence-corrected chi connectivity index (χ4v) is 1.74. The average Bonchev–Trinajstić information content (AvgIpc) is 2.48. The Morgan fingerprint density at radius 1 is 1.23 bits per heavy atom. The molecule has 0 aliphatic heterocycles. The van der Waals surface area contributed by atoms with E-state index >= 15 is 0 Å². The number of amides is 3. The molecule has 0 spiro atoms. The molecular formula is C15H21F2N3O2. The van der Waals surface area contributed by atoms with E-state index in [4.69, 9.17) is 0 Å². The Balaban J connectivity index is 2.36. The summed E-state index contributed by atoms with van der Waals surface area (Å²) in [6, 6.07) is 2.64. The van der Waals surface area contributed by atoms with Crippen LogP contribution < -0.4 is 16.0 Å². The zero-order valence-electron chi connectivity index (χ0n) is 12.7. The molecule has 0 saturated heterocycles. The van der Waals surface area contributed by atoms with E-state index in [1.54, 1.807) is 6.92 Å². The Morgan fingerprint density at radius 3 is 2.59 bits per heavy atom. The van der Waals surface area contributed by atoms with Gasteiger partial charge in [0.05, 0.1) is 6.54 Å². The Morgan fingerprint density at radius 2 is 1.95 bits per heavy atom. The van der Waals surface area contributed by atoms with E-state index in [0.29, 0.717) is 12.1 Å². The van der Waals surface area contributed by atoms with Gasteiger partial charge < -0.3 is 10.6 Å². The molecule has 0 saturated carbocycles. The van der Waals surface area contributed by atoms with Crippen molar-refractivity contribution in [1.82, 2.24) is 16.0 Å². The number of benzene rings is 1. The molecule has 0 aromatic heterocycles. The Hall–Kier alpha value is -2.02. The van der Waals surface area contributed by atoms with Crippen LogP contribution in [0.25, 0.3) is 0 Å². The van der Waals surface area contributed by atoms with Gasteiger partial charge in [-0.15, -0.1) is 0 Å². The van der Waals surface area contributed by atoms with E-state index in [1.807, 2.05) is 6.92 Å². The van der Waals surface area contributed by atoms with Crippen molar-refractivity contribution in [1.29, 1.82) is 0 Å². The summed E-state index contributed by atoms with van der Waals surface area (Å²) in [7, 11) is 0. The maximum Gasteiger partial charge on any atom is 0.321 e. The van der Waals surface area contributed by atoms with E-state index in [9.17, 15) is 18.4 Å². The fraction of sp³-hybridized carbons (Fsp3) is 0.467. The lowest BCUT2D eigenvalue weighted by atomic mass is 10.1. The number of imide groups is 1. The molecule has 122 valence electrons. The maximum absolute atomic E-state index is 13.1. The summed E-state index contributed by atoms with van der Waals surface area (Å²) in [5.74, 6) is -2.35. The van der Waals surface area contributed by atoms with Gasteiger partial charge in [-0.25, -0.2) is 13.6 Å². The van der Waals surface area contributed by atoms with Crippen molar-refractivity contribution in [3.8, 4) is 0 Å². The van der Waals surface area contributed by atoms with Crippen molar-refractivity contribution in [2.75, 3.05) is 13.1 Å². The lowest BCUT2D eigenvalue weighted by Crippen LogP contribution is -2.44. The summed E-state index contributed by atoms with van der Waals surface area (Å²) in [6.07, 6.45) is 1.79. The number of halogens is 2. The summed E-state index contributed by atoms with van der Waals surface area (Å²) in [5, 5.41) is 7.58. The van der Waals surface area contributed by atoms with Gasteiger partial charge in [0.15, 0.2) is 11.6 Å². The van der Waals surface area contributed by atoms with Gasteiger partial charge in [0.1, 0.15) is 0 Å². The van der Waals surface area contributed by atoms with Crippen molar-refractivity contribution < 1.29 is 18.4 Å². The van der Waals surface area contributed by atoms with Crippen molar-refractivity contribution in [2.24, 2.45) is 0 Å². The maximum atomic E-state index is 13.1. The molecule has 1 aromatic carbocycles. The van der Waals surface area contributed by atoms with Crippen molar-refractivity contribution >= 4 is 11.9 Å². The number of urea groups is 1. The molecule has 3 amide bonds. The highest BCUT2D eigenvalue weighted by Crippen LogP contribution is 2.15. The van der Waals surface area contributed by atoms with Crippen molar-refractivity contribution in [2.45, 2.75) is 32.7 Å². The Bertz CT molecular complexity index is 524. The van der Waals surface area contributed by atoms with Crippen LogP contribution >= 0.6 is 0 Å². The second-order valence-corrected chi connectivity index (χ2v) is 4.93. The monoisotopic (exact) mass is 313 g/mol.